The predicted octanol–water partition coefficient (Wildman–Crippen LogP) is 3.75. The molecular weight excluding hydrogens is 390 g/mol. The second-order valence-electron chi connectivity index (χ2n) is 7.00. The maximum atomic E-state index is 6.07. The molecule has 0 unspecified atom stereocenters. The van der Waals surface area contributed by atoms with Crippen molar-refractivity contribution in [1.29, 1.82) is 0 Å². The Bertz CT molecular complexity index is 1140. The number of nitrogens with zero attached hydrogens (tertiary/aromatic N) is 7. The molecule has 0 aliphatic heterocycles. The minimum Gasteiger partial charge on any atom is -0.337 e. The summed E-state index contributed by atoms with van der Waals surface area (Å²) >= 11 is 6.07. The molecule has 0 N–H and O–H groups in total. The third kappa shape index (κ3) is 3.58. The maximum absolute atomic E-state index is 6.07. The van der Waals surface area contributed by atoms with E-state index in [0.717, 1.165) is 35.7 Å². The topological polar surface area (TPSA) is 85.8 Å². The summed E-state index contributed by atoms with van der Waals surface area (Å²) in [6.07, 6.45) is 5.70. The van der Waals surface area contributed by atoms with Crippen molar-refractivity contribution in [2.45, 2.75) is 25.4 Å². The summed E-state index contributed by atoms with van der Waals surface area (Å²) < 4.78 is 7.50. The molecular formula is C20H18ClN7O. The van der Waals surface area contributed by atoms with Crippen LogP contribution in [0, 0.1) is 0 Å². The van der Waals surface area contributed by atoms with Crippen LogP contribution < -0.4 is 4.90 Å². The van der Waals surface area contributed by atoms with Crippen molar-refractivity contribution < 1.29 is 4.52 Å². The third-order valence-corrected chi connectivity index (χ3v) is 5.13. The molecule has 3 heterocycles. The lowest BCUT2D eigenvalue weighted by Gasteiger charge is -2.21. The SMILES string of the molecule is Cn1c(-c2ccncc2)nnc1N(Cc1nc(-c2cccc(Cl)c2)no1)C1CC1. The van der Waals surface area contributed by atoms with Gasteiger partial charge in [-0.05, 0) is 37.1 Å². The van der Waals surface area contributed by atoms with E-state index in [1.165, 1.54) is 0 Å². The van der Waals surface area contributed by atoms with Crippen molar-refractivity contribution in [3.8, 4) is 22.8 Å². The average molecular weight is 408 g/mol. The Morgan fingerprint density at radius 1 is 1.14 bits per heavy atom. The van der Waals surface area contributed by atoms with Gasteiger partial charge in [0.05, 0.1) is 0 Å². The van der Waals surface area contributed by atoms with E-state index in [1.807, 2.05) is 48.0 Å². The van der Waals surface area contributed by atoms with Crippen LogP contribution in [0.2, 0.25) is 5.02 Å². The molecule has 5 rings (SSSR count). The Morgan fingerprint density at radius 3 is 2.72 bits per heavy atom. The van der Waals surface area contributed by atoms with Gasteiger partial charge in [0.2, 0.25) is 17.7 Å². The van der Waals surface area contributed by atoms with Crippen LogP contribution >= 0.6 is 11.6 Å². The molecule has 4 aromatic rings. The number of aromatic nitrogens is 6. The number of halogens is 1. The number of rotatable bonds is 6. The van der Waals surface area contributed by atoms with Crippen LogP contribution in [-0.4, -0.2) is 35.9 Å². The van der Waals surface area contributed by atoms with Crippen molar-refractivity contribution in [3.05, 3.63) is 59.7 Å². The Kier molecular flexibility index (Phi) is 4.48. The standard InChI is InChI=1S/C20H18ClN7O/c1-27-19(13-7-9-22-10-8-13)24-25-20(27)28(16-5-6-16)12-17-23-18(26-29-17)14-3-2-4-15(21)11-14/h2-4,7-11,16H,5-6,12H2,1H3. The van der Waals surface area contributed by atoms with Gasteiger partial charge in [-0.1, -0.05) is 28.9 Å². The Labute approximate surface area is 172 Å². The number of anilines is 1. The van der Waals surface area contributed by atoms with E-state index in [-0.39, 0.29) is 0 Å². The van der Waals surface area contributed by atoms with E-state index in [4.69, 9.17) is 16.1 Å². The highest BCUT2D eigenvalue weighted by atomic mass is 35.5. The smallest absolute Gasteiger partial charge is 0.246 e. The van der Waals surface area contributed by atoms with E-state index in [2.05, 4.69) is 30.2 Å². The van der Waals surface area contributed by atoms with E-state index in [1.54, 1.807) is 12.4 Å². The number of benzene rings is 1. The first-order chi connectivity index (χ1) is 14.2. The van der Waals surface area contributed by atoms with Gasteiger partial charge in [0.25, 0.3) is 0 Å². The first kappa shape index (κ1) is 17.8. The number of pyridine rings is 1. The van der Waals surface area contributed by atoms with Crippen molar-refractivity contribution in [3.63, 3.8) is 0 Å². The molecule has 0 saturated heterocycles. The fourth-order valence-corrected chi connectivity index (χ4v) is 3.47. The van der Waals surface area contributed by atoms with Gasteiger partial charge in [0.15, 0.2) is 5.82 Å². The monoisotopic (exact) mass is 407 g/mol. The fraction of sp³-hybridized carbons (Fsp3) is 0.250. The van der Waals surface area contributed by atoms with Gasteiger partial charge in [0, 0.05) is 41.6 Å². The second kappa shape index (κ2) is 7.29. The summed E-state index contributed by atoms with van der Waals surface area (Å²) in [5, 5.41) is 13.6. The fourth-order valence-electron chi connectivity index (χ4n) is 3.28. The maximum Gasteiger partial charge on any atom is 0.246 e. The van der Waals surface area contributed by atoms with Gasteiger partial charge < -0.3 is 9.42 Å². The number of hydrogen-bond donors (Lipinski definition) is 0. The molecule has 1 fully saturated rings. The van der Waals surface area contributed by atoms with E-state index in [0.29, 0.717) is 29.3 Å². The van der Waals surface area contributed by atoms with E-state index in [9.17, 15) is 0 Å². The minimum atomic E-state index is 0.393. The lowest BCUT2D eigenvalue weighted by Crippen LogP contribution is -2.28. The van der Waals surface area contributed by atoms with E-state index >= 15 is 0 Å². The molecule has 146 valence electrons. The lowest BCUT2D eigenvalue weighted by molar-refractivity contribution is 0.375. The van der Waals surface area contributed by atoms with Crippen LogP contribution in [0.5, 0.6) is 0 Å². The minimum absolute atomic E-state index is 0.393. The molecule has 8 nitrogen and oxygen atoms in total. The van der Waals surface area contributed by atoms with Gasteiger partial charge >= 0.3 is 0 Å². The molecule has 0 amide bonds. The largest absolute Gasteiger partial charge is 0.337 e. The van der Waals surface area contributed by atoms with Crippen LogP contribution in [0.1, 0.15) is 18.7 Å². The molecule has 0 radical (unpaired) electrons. The highest BCUT2D eigenvalue weighted by Gasteiger charge is 2.33. The van der Waals surface area contributed by atoms with Crippen molar-refractivity contribution in [1.82, 2.24) is 29.9 Å². The quantitative estimate of drug-likeness (QED) is 0.481. The molecule has 1 aliphatic rings. The summed E-state index contributed by atoms with van der Waals surface area (Å²) in [5.41, 5.74) is 1.79. The molecule has 0 atom stereocenters. The molecule has 0 spiro atoms. The summed E-state index contributed by atoms with van der Waals surface area (Å²) in [5.74, 6) is 2.62. The zero-order chi connectivity index (χ0) is 19.8. The van der Waals surface area contributed by atoms with Crippen molar-refractivity contribution in [2.24, 2.45) is 7.05 Å². The van der Waals surface area contributed by atoms with Crippen LogP contribution in [0.25, 0.3) is 22.8 Å². The zero-order valence-corrected chi connectivity index (χ0v) is 16.5. The molecule has 0 bridgehead atoms. The normalized spacial score (nSPS) is 13.6. The van der Waals surface area contributed by atoms with Crippen molar-refractivity contribution in [2.75, 3.05) is 4.90 Å². The average Bonchev–Trinajstić information content (AvgIpc) is 3.35. The summed E-state index contributed by atoms with van der Waals surface area (Å²) in [6, 6.07) is 11.6. The molecule has 1 aliphatic carbocycles. The first-order valence-corrected chi connectivity index (χ1v) is 9.72. The van der Waals surface area contributed by atoms with E-state index < -0.39 is 0 Å². The first-order valence-electron chi connectivity index (χ1n) is 9.34. The second-order valence-corrected chi connectivity index (χ2v) is 7.44. The Balaban J connectivity index is 1.42. The van der Waals surface area contributed by atoms with Crippen LogP contribution in [0.4, 0.5) is 5.95 Å². The third-order valence-electron chi connectivity index (χ3n) is 4.89. The molecule has 1 aromatic carbocycles. The van der Waals surface area contributed by atoms with Crippen LogP contribution in [0.3, 0.4) is 0 Å². The molecule has 9 heteroatoms. The molecule has 29 heavy (non-hydrogen) atoms. The van der Waals surface area contributed by atoms with Gasteiger partial charge in [-0.3, -0.25) is 9.55 Å². The van der Waals surface area contributed by atoms with Crippen LogP contribution in [0.15, 0.2) is 53.3 Å². The summed E-state index contributed by atoms with van der Waals surface area (Å²) in [7, 11) is 1.96. The lowest BCUT2D eigenvalue weighted by atomic mass is 10.2. The van der Waals surface area contributed by atoms with Gasteiger partial charge in [0.1, 0.15) is 6.54 Å². The zero-order valence-electron chi connectivity index (χ0n) is 15.7. The number of hydrogen-bond acceptors (Lipinski definition) is 7. The summed E-state index contributed by atoms with van der Waals surface area (Å²) in [6.45, 7) is 0.473. The van der Waals surface area contributed by atoms with Gasteiger partial charge in [-0.2, -0.15) is 4.98 Å². The summed E-state index contributed by atoms with van der Waals surface area (Å²) in [4.78, 5) is 10.8. The highest BCUT2D eigenvalue weighted by Crippen LogP contribution is 2.33. The van der Waals surface area contributed by atoms with Crippen molar-refractivity contribution >= 4 is 17.5 Å². The molecule has 1 saturated carbocycles. The molecule has 3 aromatic heterocycles. The predicted molar refractivity (Wildman–Crippen MR) is 108 cm³/mol. The van der Waals surface area contributed by atoms with Gasteiger partial charge in [-0.15, -0.1) is 10.2 Å². The van der Waals surface area contributed by atoms with Gasteiger partial charge in [-0.25, -0.2) is 0 Å². The Morgan fingerprint density at radius 2 is 1.97 bits per heavy atom. The van der Waals surface area contributed by atoms with Crippen LogP contribution in [-0.2, 0) is 13.6 Å². The Hall–Kier alpha value is -3.26. The highest BCUT2D eigenvalue weighted by molar-refractivity contribution is 6.30.